The number of benzene rings is 1. The molecule has 2 atom stereocenters. The average Bonchev–Trinajstić information content (AvgIpc) is 2.28. The first-order chi connectivity index (χ1) is 8.43. The van der Waals surface area contributed by atoms with Gasteiger partial charge in [0.2, 0.25) is 0 Å². The number of rotatable bonds is 5. The monoisotopic (exact) mass is 266 g/mol. The van der Waals surface area contributed by atoms with Gasteiger partial charge in [-0.15, -0.1) is 0 Å². The smallest absolute Gasteiger partial charge is 0.307 e. The highest BCUT2D eigenvalue weighted by Crippen LogP contribution is 2.29. The van der Waals surface area contributed by atoms with Gasteiger partial charge in [-0.1, -0.05) is 43.0 Å². The van der Waals surface area contributed by atoms with E-state index >= 15 is 0 Å². The largest absolute Gasteiger partial charge is 0.481 e. The summed E-state index contributed by atoms with van der Waals surface area (Å²) in [7, 11) is 0. The van der Waals surface area contributed by atoms with Crippen LogP contribution in [0, 0.1) is 12.8 Å². The van der Waals surface area contributed by atoms with Gasteiger partial charge in [-0.05, 0) is 24.0 Å². The molecule has 0 amide bonds. The van der Waals surface area contributed by atoms with Crippen LogP contribution in [0.1, 0.15) is 30.9 Å². The molecular formula is C14H18O3S. The molecule has 0 aliphatic heterocycles. The first-order valence-corrected chi connectivity index (χ1v) is 6.83. The summed E-state index contributed by atoms with van der Waals surface area (Å²) < 4.78 is 0. The molecule has 0 heterocycles. The number of carboxylic acids is 1. The van der Waals surface area contributed by atoms with Crippen LogP contribution < -0.4 is 0 Å². The summed E-state index contributed by atoms with van der Waals surface area (Å²) in [6.07, 6.45) is 0. The van der Waals surface area contributed by atoms with Crippen molar-refractivity contribution >= 4 is 22.8 Å². The lowest BCUT2D eigenvalue weighted by Crippen LogP contribution is -2.23. The van der Waals surface area contributed by atoms with E-state index in [9.17, 15) is 14.7 Å². The summed E-state index contributed by atoms with van der Waals surface area (Å²) in [5.74, 6) is -1.17. The Bertz CT molecular complexity index is 442. The quantitative estimate of drug-likeness (QED) is 0.889. The number of carbonyl (C=O) groups excluding carboxylic acids is 1. The molecule has 0 aliphatic carbocycles. The summed E-state index contributed by atoms with van der Waals surface area (Å²) in [6, 6.07) is 7.78. The second-order valence-electron chi connectivity index (χ2n) is 4.39. The zero-order valence-electron chi connectivity index (χ0n) is 10.8. The SMILES string of the molecule is CC(=O)SC[C@@H](C(=O)O)[C@@H](C)c1ccccc1C. The van der Waals surface area contributed by atoms with Crippen LogP contribution in [0.3, 0.4) is 0 Å². The van der Waals surface area contributed by atoms with Crippen molar-refractivity contribution in [2.45, 2.75) is 26.7 Å². The van der Waals surface area contributed by atoms with Crippen molar-refractivity contribution in [1.29, 1.82) is 0 Å². The second kappa shape index (κ2) is 6.59. The Morgan fingerprint density at radius 1 is 1.33 bits per heavy atom. The summed E-state index contributed by atoms with van der Waals surface area (Å²) in [5, 5.41) is 9.24. The summed E-state index contributed by atoms with van der Waals surface area (Å²) in [5.41, 5.74) is 2.12. The maximum Gasteiger partial charge on any atom is 0.307 e. The number of thioether (sulfide) groups is 1. The average molecular weight is 266 g/mol. The van der Waals surface area contributed by atoms with Crippen LogP contribution in [0.2, 0.25) is 0 Å². The third-order valence-corrected chi connectivity index (χ3v) is 4.00. The minimum absolute atomic E-state index is 0.0433. The first kappa shape index (κ1) is 14.8. The molecule has 0 radical (unpaired) electrons. The van der Waals surface area contributed by atoms with E-state index in [1.807, 2.05) is 38.1 Å². The second-order valence-corrected chi connectivity index (χ2v) is 5.59. The van der Waals surface area contributed by atoms with E-state index < -0.39 is 11.9 Å². The van der Waals surface area contributed by atoms with Crippen LogP contribution in [0.5, 0.6) is 0 Å². The van der Waals surface area contributed by atoms with Crippen LogP contribution in [-0.4, -0.2) is 21.9 Å². The van der Waals surface area contributed by atoms with Crippen molar-refractivity contribution < 1.29 is 14.7 Å². The van der Waals surface area contributed by atoms with Gasteiger partial charge in [0.1, 0.15) is 0 Å². The summed E-state index contributed by atoms with van der Waals surface area (Å²) in [6.45, 7) is 5.34. The maximum atomic E-state index is 11.3. The topological polar surface area (TPSA) is 54.4 Å². The Morgan fingerprint density at radius 2 is 1.94 bits per heavy atom. The van der Waals surface area contributed by atoms with E-state index in [1.54, 1.807) is 0 Å². The normalized spacial score (nSPS) is 13.9. The molecule has 0 spiro atoms. The highest BCUT2D eigenvalue weighted by molar-refractivity contribution is 8.13. The van der Waals surface area contributed by atoms with Crippen LogP contribution in [-0.2, 0) is 9.59 Å². The Morgan fingerprint density at radius 3 is 2.44 bits per heavy atom. The van der Waals surface area contributed by atoms with Gasteiger partial charge in [-0.25, -0.2) is 0 Å². The van der Waals surface area contributed by atoms with Crippen LogP contribution >= 0.6 is 11.8 Å². The molecule has 0 fully saturated rings. The summed E-state index contributed by atoms with van der Waals surface area (Å²) >= 11 is 1.08. The van der Waals surface area contributed by atoms with Gasteiger partial charge in [-0.3, -0.25) is 9.59 Å². The van der Waals surface area contributed by atoms with Crippen molar-refractivity contribution in [3.05, 3.63) is 35.4 Å². The van der Waals surface area contributed by atoms with Crippen molar-refractivity contribution in [3.63, 3.8) is 0 Å². The molecule has 1 N–H and O–H groups in total. The lowest BCUT2D eigenvalue weighted by molar-refractivity contribution is -0.141. The fourth-order valence-corrected chi connectivity index (χ4v) is 2.80. The molecule has 1 aromatic carbocycles. The molecular weight excluding hydrogens is 248 g/mol. The lowest BCUT2D eigenvalue weighted by Gasteiger charge is -2.21. The molecule has 0 saturated carbocycles. The maximum absolute atomic E-state index is 11.3. The Hall–Kier alpha value is -1.29. The molecule has 3 nitrogen and oxygen atoms in total. The van der Waals surface area contributed by atoms with Crippen molar-refractivity contribution in [2.24, 2.45) is 5.92 Å². The van der Waals surface area contributed by atoms with Crippen molar-refractivity contribution in [3.8, 4) is 0 Å². The molecule has 98 valence electrons. The van der Waals surface area contributed by atoms with Crippen LogP contribution in [0.4, 0.5) is 0 Å². The van der Waals surface area contributed by atoms with E-state index in [-0.39, 0.29) is 11.0 Å². The highest BCUT2D eigenvalue weighted by Gasteiger charge is 2.27. The van der Waals surface area contributed by atoms with Gasteiger partial charge in [0, 0.05) is 12.7 Å². The molecule has 4 heteroatoms. The number of carboxylic acid groups (broad SMARTS) is 1. The Kier molecular flexibility index (Phi) is 5.41. The minimum Gasteiger partial charge on any atom is -0.481 e. The van der Waals surface area contributed by atoms with E-state index in [1.165, 1.54) is 6.92 Å². The number of aliphatic carboxylic acids is 1. The molecule has 0 saturated heterocycles. The van der Waals surface area contributed by atoms with Crippen molar-refractivity contribution in [1.82, 2.24) is 0 Å². The number of aryl methyl sites for hydroxylation is 1. The molecule has 0 bridgehead atoms. The van der Waals surface area contributed by atoms with E-state index in [4.69, 9.17) is 0 Å². The van der Waals surface area contributed by atoms with Crippen LogP contribution in [0.15, 0.2) is 24.3 Å². The summed E-state index contributed by atoms with van der Waals surface area (Å²) in [4.78, 5) is 22.3. The van der Waals surface area contributed by atoms with Gasteiger partial charge in [-0.2, -0.15) is 0 Å². The van der Waals surface area contributed by atoms with E-state index in [0.717, 1.165) is 22.9 Å². The van der Waals surface area contributed by atoms with Gasteiger partial charge >= 0.3 is 5.97 Å². The minimum atomic E-state index is -0.848. The van der Waals surface area contributed by atoms with E-state index in [2.05, 4.69) is 0 Å². The third kappa shape index (κ3) is 3.88. The molecule has 18 heavy (non-hydrogen) atoms. The fraction of sp³-hybridized carbons (Fsp3) is 0.429. The molecule has 0 aliphatic rings. The lowest BCUT2D eigenvalue weighted by atomic mass is 9.86. The standard InChI is InChI=1S/C14H18O3S/c1-9-6-4-5-7-12(9)10(2)13(14(16)17)8-18-11(3)15/h4-7,10,13H,8H2,1-3H3,(H,16,17)/t10-,13+/m0/s1. The van der Waals surface area contributed by atoms with Crippen molar-refractivity contribution in [2.75, 3.05) is 5.75 Å². The predicted octanol–water partition coefficient (Wildman–Crippen LogP) is 3.08. The highest BCUT2D eigenvalue weighted by atomic mass is 32.2. The van der Waals surface area contributed by atoms with E-state index in [0.29, 0.717) is 5.75 Å². The fourth-order valence-electron chi connectivity index (χ4n) is 1.95. The van der Waals surface area contributed by atoms with Gasteiger partial charge < -0.3 is 5.11 Å². The van der Waals surface area contributed by atoms with Gasteiger partial charge in [0.05, 0.1) is 5.92 Å². The molecule has 1 rings (SSSR count). The zero-order chi connectivity index (χ0) is 13.7. The third-order valence-electron chi connectivity index (χ3n) is 3.07. The Labute approximate surface area is 112 Å². The van der Waals surface area contributed by atoms with Crippen LogP contribution in [0.25, 0.3) is 0 Å². The number of hydrogen-bond acceptors (Lipinski definition) is 3. The van der Waals surface area contributed by atoms with Gasteiger partial charge in [0.15, 0.2) is 5.12 Å². The first-order valence-electron chi connectivity index (χ1n) is 5.85. The zero-order valence-corrected chi connectivity index (χ0v) is 11.7. The number of hydrogen-bond donors (Lipinski definition) is 1. The number of carbonyl (C=O) groups is 2. The molecule has 0 unspecified atom stereocenters. The van der Waals surface area contributed by atoms with Gasteiger partial charge in [0.25, 0.3) is 0 Å². The molecule has 0 aromatic heterocycles. The molecule has 1 aromatic rings. The predicted molar refractivity (Wildman–Crippen MR) is 73.9 cm³/mol. The Balaban J connectivity index is 2.89.